The number of benzene rings is 2. The van der Waals surface area contributed by atoms with E-state index in [2.05, 4.69) is 55.5 Å². The largest absolute Gasteiger partial charge is 0.491 e. The van der Waals surface area contributed by atoms with E-state index in [4.69, 9.17) is 9.37 Å². The third kappa shape index (κ3) is 10.0. The first kappa shape index (κ1) is 37.7. The molecule has 0 saturated carbocycles. The normalized spacial score (nSPS) is 20.4. The number of fused-ring (bicyclic) bond motifs is 14. The molecule has 2 aromatic heterocycles. The zero-order chi connectivity index (χ0) is 37.4. The summed E-state index contributed by atoms with van der Waals surface area (Å²) in [4.78, 5) is 59.8. The molecule has 15 heteroatoms. The molecule has 2 aliphatic heterocycles. The van der Waals surface area contributed by atoms with Crippen LogP contribution in [0, 0.1) is 25.7 Å². The zero-order valence-electron chi connectivity index (χ0n) is 30.4. The topological polar surface area (TPSA) is 195 Å². The number of hydrogen-bond donors (Lipinski definition) is 4. The van der Waals surface area contributed by atoms with E-state index in [-0.39, 0.29) is 61.2 Å². The van der Waals surface area contributed by atoms with Gasteiger partial charge in [0.25, 0.3) is 5.91 Å². The van der Waals surface area contributed by atoms with Crippen molar-refractivity contribution in [2.75, 3.05) is 6.61 Å². The van der Waals surface area contributed by atoms with Crippen LogP contribution in [0.2, 0.25) is 0 Å². The molecule has 2 aromatic carbocycles. The van der Waals surface area contributed by atoms with Gasteiger partial charge >= 0.3 is 0 Å². The van der Waals surface area contributed by atoms with E-state index in [9.17, 15) is 19.2 Å². The Morgan fingerprint density at radius 2 is 1.67 bits per heavy atom. The van der Waals surface area contributed by atoms with Crippen molar-refractivity contribution < 1.29 is 28.5 Å². The zero-order valence-corrected chi connectivity index (χ0v) is 30.4. The second kappa shape index (κ2) is 17.1. The van der Waals surface area contributed by atoms with Crippen molar-refractivity contribution in [2.45, 2.75) is 91.5 Å². The summed E-state index contributed by atoms with van der Waals surface area (Å²) in [6.45, 7) is 11.4. The van der Waals surface area contributed by atoms with E-state index >= 15 is 0 Å². The van der Waals surface area contributed by atoms with E-state index in [1.54, 1.807) is 38.1 Å². The minimum absolute atomic E-state index is 0.0520. The van der Waals surface area contributed by atoms with Crippen molar-refractivity contribution >= 4 is 23.6 Å². The Morgan fingerprint density at radius 3 is 2.33 bits per heavy atom. The van der Waals surface area contributed by atoms with Crippen molar-refractivity contribution in [2.24, 2.45) is 11.8 Å². The summed E-state index contributed by atoms with van der Waals surface area (Å²) in [5, 5.41) is 23.7. The van der Waals surface area contributed by atoms with Crippen LogP contribution in [0.1, 0.15) is 79.1 Å². The lowest BCUT2D eigenvalue weighted by Crippen LogP contribution is -2.55. The smallest absolute Gasteiger partial charge is 0.276 e. The van der Waals surface area contributed by atoms with E-state index in [1.165, 1.54) is 4.68 Å². The van der Waals surface area contributed by atoms with Crippen LogP contribution in [0.25, 0.3) is 0 Å². The summed E-state index contributed by atoms with van der Waals surface area (Å²) >= 11 is 0. The van der Waals surface area contributed by atoms with Crippen LogP contribution in [0.4, 0.5) is 0 Å². The quantitative estimate of drug-likeness (QED) is 0.221. The number of rotatable bonds is 7. The molecular weight excluding hydrogens is 666 g/mol. The average molecular weight is 714 g/mol. The van der Waals surface area contributed by atoms with Gasteiger partial charge in [-0.15, -0.1) is 0 Å². The summed E-state index contributed by atoms with van der Waals surface area (Å²) in [5.74, 6) is -0.428. The minimum Gasteiger partial charge on any atom is -0.491 e. The Kier molecular flexibility index (Phi) is 12.4. The van der Waals surface area contributed by atoms with Gasteiger partial charge in [0, 0.05) is 12.8 Å². The molecule has 0 radical (unpaired) electrons. The Morgan fingerprint density at radius 1 is 0.942 bits per heavy atom. The van der Waals surface area contributed by atoms with Crippen LogP contribution >= 0.6 is 0 Å². The van der Waals surface area contributed by atoms with Crippen LogP contribution in [0.5, 0.6) is 5.75 Å². The van der Waals surface area contributed by atoms with E-state index < -0.39 is 35.8 Å². The predicted molar refractivity (Wildman–Crippen MR) is 190 cm³/mol. The molecule has 6 rings (SSSR count). The van der Waals surface area contributed by atoms with E-state index in [0.717, 1.165) is 11.1 Å². The number of nitrogens with zero attached hydrogens (tertiary/aromatic N) is 5. The van der Waals surface area contributed by atoms with Gasteiger partial charge in [-0.05, 0) is 60.5 Å². The van der Waals surface area contributed by atoms with Gasteiger partial charge in [0.1, 0.15) is 42.5 Å². The SMILES string of the molecule is Cc1nc2n(n1)CC(=O)N[C@@H](CC(C)C)COc1ccc(cc1)C[C@H](NC(=O)c1nonc1C)C(=O)N[C@@H](Cc1ccccc1)C(=O)N[C@H]2C(C)C. The second-order valence-corrected chi connectivity index (χ2v) is 13.9. The fourth-order valence-corrected chi connectivity index (χ4v) is 6.11. The minimum atomic E-state index is -1.11. The summed E-state index contributed by atoms with van der Waals surface area (Å²) in [6.07, 6.45) is 0.927. The van der Waals surface area contributed by atoms with Crippen LogP contribution in [-0.4, -0.2) is 73.4 Å². The highest BCUT2D eigenvalue weighted by Crippen LogP contribution is 2.22. The molecule has 2 bridgehead atoms. The third-order valence-electron chi connectivity index (χ3n) is 8.68. The van der Waals surface area contributed by atoms with Gasteiger partial charge < -0.3 is 26.0 Å². The lowest BCUT2D eigenvalue weighted by atomic mass is 10.00. The summed E-state index contributed by atoms with van der Waals surface area (Å²) in [5.41, 5.74) is 1.75. The molecule has 4 amide bonds. The number of amides is 4. The van der Waals surface area contributed by atoms with Gasteiger partial charge in [-0.3, -0.25) is 19.2 Å². The van der Waals surface area contributed by atoms with Gasteiger partial charge in [-0.25, -0.2) is 14.3 Å². The number of aromatic nitrogens is 5. The predicted octanol–water partition coefficient (Wildman–Crippen LogP) is 2.78. The fraction of sp³-hybridized carbons (Fsp3) is 0.459. The van der Waals surface area contributed by atoms with Gasteiger partial charge in [-0.1, -0.05) is 75.3 Å². The Hall–Kier alpha value is -5.60. The number of carbonyl (C=O) groups excluding carboxylic acids is 4. The molecule has 52 heavy (non-hydrogen) atoms. The molecule has 4 heterocycles. The lowest BCUT2D eigenvalue weighted by Gasteiger charge is -2.27. The van der Waals surface area contributed by atoms with Crippen molar-refractivity contribution in [3.63, 3.8) is 0 Å². The van der Waals surface area contributed by atoms with Crippen molar-refractivity contribution in [1.29, 1.82) is 0 Å². The van der Waals surface area contributed by atoms with Crippen molar-refractivity contribution in [1.82, 2.24) is 46.3 Å². The number of nitrogens with one attached hydrogen (secondary N) is 4. The lowest BCUT2D eigenvalue weighted by molar-refractivity contribution is -0.130. The highest BCUT2D eigenvalue weighted by atomic mass is 16.6. The van der Waals surface area contributed by atoms with Crippen molar-refractivity contribution in [3.8, 4) is 5.75 Å². The Balaban J connectivity index is 1.53. The fourth-order valence-electron chi connectivity index (χ4n) is 6.11. The molecule has 15 nitrogen and oxygen atoms in total. The van der Waals surface area contributed by atoms with Crippen LogP contribution in [-0.2, 0) is 33.8 Å². The summed E-state index contributed by atoms with van der Waals surface area (Å²) < 4.78 is 12.3. The van der Waals surface area contributed by atoms with E-state index in [0.29, 0.717) is 23.8 Å². The Labute approximate surface area is 302 Å². The molecule has 2 aliphatic rings. The first-order valence-corrected chi connectivity index (χ1v) is 17.5. The monoisotopic (exact) mass is 713 g/mol. The molecule has 0 fully saturated rings. The average Bonchev–Trinajstić information content (AvgIpc) is 3.69. The van der Waals surface area contributed by atoms with Crippen molar-refractivity contribution in [3.05, 3.63) is 88.8 Å². The maximum atomic E-state index is 14.2. The standard InChI is InChI=1S/C37H47N9O6/c1-21(2)16-27-20-51-28-14-12-26(13-15-28)18-29(41-37(50)33-23(5)44-52-45-33)35(48)40-30(17-25-10-8-7-9-11-25)36(49)42-32(22(3)4)34-38-24(6)43-46(34)19-31(47)39-27/h7-15,21-22,27,29-30,32H,16-20H2,1-6H3,(H,39,47)(H,40,48)(H,41,50)(H,42,49)/t27-,29-,30-,32-/m0/s1. The summed E-state index contributed by atoms with van der Waals surface area (Å²) in [7, 11) is 0. The first-order chi connectivity index (χ1) is 24.9. The van der Waals surface area contributed by atoms with E-state index in [1.807, 2.05) is 44.2 Å². The van der Waals surface area contributed by atoms with Gasteiger partial charge in [-0.2, -0.15) is 5.10 Å². The molecule has 4 atom stereocenters. The molecule has 0 aliphatic carbocycles. The van der Waals surface area contributed by atoms with Gasteiger partial charge in [0.2, 0.25) is 17.7 Å². The maximum absolute atomic E-state index is 14.2. The number of aryl methyl sites for hydroxylation is 2. The third-order valence-corrected chi connectivity index (χ3v) is 8.68. The summed E-state index contributed by atoms with van der Waals surface area (Å²) in [6, 6.07) is 13.3. The molecule has 4 aromatic rings. The molecule has 0 unspecified atom stereocenters. The first-order valence-electron chi connectivity index (χ1n) is 17.5. The molecule has 4 N–H and O–H groups in total. The molecule has 0 saturated heterocycles. The maximum Gasteiger partial charge on any atom is 0.276 e. The highest BCUT2D eigenvalue weighted by Gasteiger charge is 2.32. The van der Waals surface area contributed by atoms with Crippen LogP contribution < -0.4 is 26.0 Å². The van der Waals surface area contributed by atoms with Crippen LogP contribution in [0.3, 0.4) is 0 Å². The highest BCUT2D eigenvalue weighted by molar-refractivity contribution is 5.97. The number of hydrogen-bond acceptors (Lipinski definition) is 10. The number of ether oxygens (including phenoxy) is 1. The Bertz CT molecular complexity index is 1840. The van der Waals surface area contributed by atoms with Crippen LogP contribution in [0.15, 0.2) is 59.2 Å². The molecule has 0 spiro atoms. The molecular formula is C37H47N9O6. The van der Waals surface area contributed by atoms with Gasteiger partial charge in [0.05, 0.1) is 12.1 Å². The van der Waals surface area contributed by atoms with Gasteiger partial charge in [0.15, 0.2) is 11.5 Å². The second-order valence-electron chi connectivity index (χ2n) is 13.9. The molecule has 276 valence electrons. The number of carbonyl (C=O) groups is 4.